The number of nitrogens with zero attached hydrogens (tertiary/aromatic N) is 2. The number of fused-ring (bicyclic) bond motifs is 1. The SMILES string of the molecule is CC.CO.C[n+]1c(Nc2cc(C(C)(C)C)on2)[nH]c2cc(N)ccc21. The van der Waals surface area contributed by atoms with Crippen molar-refractivity contribution in [3.8, 4) is 0 Å². The van der Waals surface area contributed by atoms with Crippen LogP contribution in [-0.4, -0.2) is 22.4 Å². The molecule has 0 aliphatic heterocycles. The number of aryl methyl sites for hydroxylation is 1. The van der Waals surface area contributed by atoms with Crippen LogP contribution in [-0.2, 0) is 12.5 Å². The van der Waals surface area contributed by atoms with Crippen LogP contribution in [0.4, 0.5) is 17.5 Å². The first kappa shape index (κ1) is 20.5. The minimum absolute atomic E-state index is 0.0655. The fourth-order valence-electron chi connectivity index (χ4n) is 2.20. The van der Waals surface area contributed by atoms with Gasteiger partial charge < -0.3 is 15.4 Å². The summed E-state index contributed by atoms with van der Waals surface area (Å²) in [5.74, 6) is 2.34. The molecule has 3 rings (SSSR count). The van der Waals surface area contributed by atoms with Gasteiger partial charge in [-0.1, -0.05) is 34.6 Å². The summed E-state index contributed by atoms with van der Waals surface area (Å²) in [5.41, 5.74) is 8.51. The zero-order valence-corrected chi connectivity index (χ0v) is 16.1. The van der Waals surface area contributed by atoms with Gasteiger partial charge in [0.05, 0.1) is 7.05 Å². The average molecular weight is 348 g/mol. The Labute approximate surface area is 148 Å². The molecule has 3 aromatic rings. The van der Waals surface area contributed by atoms with Crippen molar-refractivity contribution in [1.29, 1.82) is 0 Å². The lowest BCUT2D eigenvalue weighted by molar-refractivity contribution is -0.629. The predicted molar refractivity (Wildman–Crippen MR) is 102 cm³/mol. The number of aromatic amines is 1. The standard InChI is InChI=1S/C15H19N5O.C2H6.CH4O/c1-15(2,3)12-8-13(19-21-12)18-14-17-10-7-9(16)5-6-11(10)20(14)4;2*1-2/h5-8H,16H2,1-4H3,(H,17,18,19);1-2H3;2H,1H3/p+1. The quantitative estimate of drug-likeness (QED) is 0.420. The Bertz CT molecular complexity index is 799. The lowest BCUT2D eigenvalue weighted by atomic mass is 9.93. The molecule has 1 aromatic carbocycles. The molecule has 0 radical (unpaired) electrons. The zero-order valence-electron chi connectivity index (χ0n) is 16.1. The van der Waals surface area contributed by atoms with Crippen molar-refractivity contribution >= 4 is 28.5 Å². The number of H-pyrrole nitrogens is 1. The normalized spacial score (nSPS) is 10.6. The molecule has 2 aromatic heterocycles. The van der Waals surface area contributed by atoms with Gasteiger partial charge in [-0.25, -0.2) is 14.9 Å². The summed E-state index contributed by atoms with van der Waals surface area (Å²) in [7, 11) is 2.97. The molecule has 0 amide bonds. The second-order valence-corrected chi connectivity index (χ2v) is 6.26. The number of benzene rings is 1. The summed E-state index contributed by atoms with van der Waals surface area (Å²) < 4.78 is 7.39. The Morgan fingerprint density at radius 1 is 1.20 bits per heavy atom. The number of imidazole rings is 1. The van der Waals surface area contributed by atoms with Crippen LogP contribution in [0, 0.1) is 0 Å². The number of nitrogens with one attached hydrogen (secondary N) is 2. The molecule has 7 nitrogen and oxygen atoms in total. The minimum atomic E-state index is -0.0655. The van der Waals surface area contributed by atoms with E-state index in [1.165, 1.54) is 0 Å². The Hall–Kier alpha value is -2.54. The third-order valence-corrected chi connectivity index (χ3v) is 3.47. The number of nitrogen functional groups attached to an aromatic ring is 1. The number of nitrogens with two attached hydrogens (primary N) is 1. The highest BCUT2D eigenvalue weighted by Crippen LogP contribution is 2.25. The molecule has 0 aliphatic rings. The van der Waals surface area contributed by atoms with Gasteiger partial charge >= 0.3 is 5.95 Å². The molecular weight excluding hydrogens is 318 g/mol. The summed E-state index contributed by atoms with van der Waals surface area (Å²) in [4.78, 5) is 3.29. The van der Waals surface area contributed by atoms with E-state index in [4.69, 9.17) is 15.4 Å². The van der Waals surface area contributed by atoms with Crippen molar-refractivity contribution in [3.05, 3.63) is 30.0 Å². The number of aliphatic hydroxyl groups excluding tert-OH is 1. The molecule has 0 fully saturated rings. The molecule has 0 atom stereocenters. The van der Waals surface area contributed by atoms with E-state index in [1.807, 2.05) is 49.7 Å². The highest BCUT2D eigenvalue weighted by molar-refractivity contribution is 5.77. The molecule has 0 unspecified atom stereocenters. The van der Waals surface area contributed by atoms with Gasteiger partial charge in [0.25, 0.3) is 0 Å². The molecule has 138 valence electrons. The summed E-state index contributed by atoms with van der Waals surface area (Å²) in [6.45, 7) is 10.3. The molecule has 0 spiro atoms. The van der Waals surface area contributed by atoms with E-state index in [0.29, 0.717) is 5.82 Å². The van der Waals surface area contributed by atoms with Crippen molar-refractivity contribution < 1.29 is 14.2 Å². The fraction of sp³-hybridized carbons (Fsp3) is 0.444. The fourth-order valence-corrected chi connectivity index (χ4v) is 2.20. The largest absolute Gasteiger partial charge is 0.400 e. The van der Waals surface area contributed by atoms with E-state index in [2.05, 4.69) is 36.2 Å². The second kappa shape index (κ2) is 8.53. The van der Waals surface area contributed by atoms with Crippen molar-refractivity contribution in [3.63, 3.8) is 0 Å². The Morgan fingerprint density at radius 3 is 2.40 bits per heavy atom. The van der Waals surface area contributed by atoms with Crippen LogP contribution in [0.2, 0.25) is 0 Å². The minimum Gasteiger partial charge on any atom is -0.400 e. The van der Waals surface area contributed by atoms with E-state index in [9.17, 15) is 0 Å². The van der Waals surface area contributed by atoms with Gasteiger partial charge in [-0.3, -0.25) is 0 Å². The summed E-state index contributed by atoms with van der Waals surface area (Å²) >= 11 is 0. The molecule has 25 heavy (non-hydrogen) atoms. The van der Waals surface area contributed by atoms with Crippen LogP contribution >= 0.6 is 0 Å². The molecular formula is C18H30N5O2+. The first-order chi connectivity index (χ1) is 11.8. The van der Waals surface area contributed by atoms with Crippen LogP contribution < -0.4 is 15.6 Å². The number of hydrogen-bond acceptors (Lipinski definition) is 5. The van der Waals surface area contributed by atoms with Crippen molar-refractivity contribution in [2.24, 2.45) is 7.05 Å². The van der Waals surface area contributed by atoms with Crippen molar-refractivity contribution in [2.75, 3.05) is 18.2 Å². The Balaban J connectivity index is 0.000000730. The predicted octanol–water partition coefficient (Wildman–Crippen LogP) is 3.24. The maximum atomic E-state index is 7.00. The summed E-state index contributed by atoms with van der Waals surface area (Å²) in [5, 5.41) is 14.3. The number of anilines is 3. The second-order valence-electron chi connectivity index (χ2n) is 6.26. The average Bonchev–Trinajstić information content (AvgIpc) is 3.17. The monoisotopic (exact) mass is 348 g/mol. The number of aromatic nitrogens is 3. The summed E-state index contributed by atoms with van der Waals surface area (Å²) in [6.07, 6.45) is 0. The number of rotatable bonds is 2. The molecule has 0 saturated carbocycles. The molecule has 0 bridgehead atoms. The lowest BCUT2D eigenvalue weighted by Gasteiger charge is -2.11. The first-order valence-electron chi connectivity index (χ1n) is 8.31. The van der Waals surface area contributed by atoms with Gasteiger partial charge in [0.2, 0.25) is 5.82 Å². The highest BCUT2D eigenvalue weighted by atomic mass is 16.5. The molecule has 5 N–H and O–H groups in total. The Morgan fingerprint density at radius 2 is 1.84 bits per heavy atom. The van der Waals surface area contributed by atoms with E-state index in [0.717, 1.165) is 35.5 Å². The molecule has 0 aliphatic carbocycles. The van der Waals surface area contributed by atoms with Crippen molar-refractivity contribution in [1.82, 2.24) is 10.1 Å². The van der Waals surface area contributed by atoms with Crippen LogP contribution in [0.15, 0.2) is 28.8 Å². The van der Waals surface area contributed by atoms with Crippen LogP contribution in [0.25, 0.3) is 11.0 Å². The van der Waals surface area contributed by atoms with E-state index < -0.39 is 0 Å². The van der Waals surface area contributed by atoms with E-state index in [1.54, 1.807) is 0 Å². The smallest absolute Gasteiger partial charge is 0.362 e. The molecule has 7 heteroatoms. The molecule has 2 heterocycles. The first-order valence-corrected chi connectivity index (χ1v) is 8.31. The van der Waals surface area contributed by atoms with Gasteiger partial charge in [-0.15, -0.1) is 0 Å². The van der Waals surface area contributed by atoms with Crippen LogP contribution in [0.3, 0.4) is 0 Å². The zero-order chi connectivity index (χ0) is 19.2. The maximum Gasteiger partial charge on any atom is 0.362 e. The third-order valence-electron chi connectivity index (χ3n) is 3.47. The van der Waals surface area contributed by atoms with Gasteiger partial charge in [-0.05, 0) is 17.3 Å². The van der Waals surface area contributed by atoms with Gasteiger partial charge in [0.15, 0.2) is 0 Å². The third kappa shape index (κ3) is 4.73. The van der Waals surface area contributed by atoms with E-state index in [-0.39, 0.29) is 5.41 Å². The topological polar surface area (TPSA) is 104 Å². The lowest BCUT2D eigenvalue weighted by Crippen LogP contribution is -2.29. The molecule has 0 saturated heterocycles. The highest BCUT2D eigenvalue weighted by Gasteiger charge is 2.22. The van der Waals surface area contributed by atoms with E-state index >= 15 is 0 Å². The van der Waals surface area contributed by atoms with Gasteiger partial charge in [0.1, 0.15) is 16.8 Å². The Kier molecular flexibility index (Phi) is 6.99. The van der Waals surface area contributed by atoms with Crippen LogP contribution in [0.1, 0.15) is 40.4 Å². The van der Waals surface area contributed by atoms with Crippen LogP contribution in [0.5, 0.6) is 0 Å². The van der Waals surface area contributed by atoms with Gasteiger partial charge in [0, 0.05) is 30.3 Å². The summed E-state index contributed by atoms with van der Waals surface area (Å²) in [6, 6.07) is 7.69. The maximum absolute atomic E-state index is 7.00. The van der Waals surface area contributed by atoms with Crippen molar-refractivity contribution in [2.45, 2.75) is 40.0 Å². The number of hydrogen-bond donors (Lipinski definition) is 4. The number of aliphatic hydroxyl groups is 1. The van der Waals surface area contributed by atoms with Gasteiger partial charge in [-0.2, -0.15) is 0 Å².